The van der Waals surface area contributed by atoms with Crippen molar-refractivity contribution in [3.63, 3.8) is 0 Å². The number of morpholine rings is 1. The van der Waals surface area contributed by atoms with Gasteiger partial charge in [0.2, 0.25) is 5.95 Å². The third kappa shape index (κ3) is 1.96. The number of aryl methyl sites for hydroxylation is 1. The normalized spacial score (nSPS) is 17.1. The number of rotatable bonds is 1. The first-order chi connectivity index (χ1) is 6.77. The molecule has 0 atom stereocenters. The Morgan fingerprint density at radius 3 is 2.79 bits per heavy atom. The number of hydrogen-bond acceptors (Lipinski definition) is 4. The molecule has 0 saturated carbocycles. The van der Waals surface area contributed by atoms with Gasteiger partial charge in [0.1, 0.15) is 0 Å². The molecule has 76 valence electrons. The van der Waals surface area contributed by atoms with Crippen molar-refractivity contribution in [2.75, 3.05) is 31.2 Å². The Morgan fingerprint density at radius 1 is 1.43 bits per heavy atom. The topological polar surface area (TPSA) is 38.2 Å². The Bertz CT molecular complexity index is 326. The highest BCUT2D eigenvalue weighted by Crippen LogP contribution is 2.15. The first kappa shape index (κ1) is 9.68. The van der Waals surface area contributed by atoms with Crippen molar-refractivity contribution < 1.29 is 4.74 Å². The van der Waals surface area contributed by atoms with Gasteiger partial charge in [-0.05, 0) is 6.92 Å². The third-order valence-electron chi connectivity index (χ3n) is 2.20. The minimum atomic E-state index is 0.613. The summed E-state index contributed by atoms with van der Waals surface area (Å²) in [6.07, 6.45) is 1.65. The lowest BCUT2D eigenvalue weighted by atomic mass is 10.4. The maximum Gasteiger partial charge on any atom is 0.225 e. The molecular weight excluding hydrogens is 202 g/mol. The minimum absolute atomic E-state index is 0.613. The molecule has 0 amide bonds. The largest absolute Gasteiger partial charge is 0.378 e. The lowest BCUT2D eigenvalue weighted by Gasteiger charge is -2.26. The number of aromatic nitrogens is 2. The molecule has 14 heavy (non-hydrogen) atoms. The first-order valence-electron chi connectivity index (χ1n) is 4.59. The van der Waals surface area contributed by atoms with Crippen LogP contribution in [0, 0.1) is 6.92 Å². The molecule has 0 unspecified atom stereocenters. The van der Waals surface area contributed by atoms with Gasteiger partial charge in [-0.2, -0.15) is 0 Å². The van der Waals surface area contributed by atoms with Crippen LogP contribution in [0.15, 0.2) is 6.20 Å². The molecule has 1 aromatic heterocycles. The zero-order valence-corrected chi connectivity index (χ0v) is 8.79. The Morgan fingerprint density at radius 2 is 2.14 bits per heavy atom. The molecule has 0 bridgehead atoms. The second kappa shape index (κ2) is 4.11. The summed E-state index contributed by atoms with van der Waals surface area (Å²) in [4.78, 5) is 10.6. The van der Waals surface area contributed by atoms with Crippen molar-refractivity contribution in [3.05, 3.63) is 16.9 Å². The van der Waals surface area contributed by atoms with E-state index in [4.69, 9.17) is 16.3 Å². The van der Waals surface area contributed by atoms with Crippen LogP contribution in [0.1, 0.15) is 5.69 Å². The van der Waals surface area contributed by atoms with E-state index in [2.05, 4.69) is 14.9 Å². The first-order valence-corrected chi connectivity index (χ1v) is 4.97. The Balaban J connectivity index is 2.18. The molecule has 0 aliphatic carbocycles. The zero-order chi connectivity index (χ0) is 9.97. The van der Waals surface area contributed by atoms with Crippen LogP contribution in [0.25, 0.3) is 0 Å². The quantitative estimate of drug-likeness (QED) is 0.705. The standard InChI is InChI=1S/C9H12ClN3O/c1-7-8(10)6-11-9(12-7)13-2-4-14-5-3-13/h6H,2-5H2,1H3. The van der Waals surface area contributed by atoms with Crippen LogP contribution in [-0.2, 0) is 4.74 Å². The van der Waals surface area contributed by atoms with Crippen LogP contribution in [0.5, 0.6) is 0 Å². The fourth-order valence-electron chi connectivity index (χ4n) is 1.36. The maximum absolute atomic E-state index is 5.85. The smallest absolute Gasteiger partial charge is 0.225 e. The van der Waals surface area contributed by atoms with E-state index >= 15 is 0 Å². The van der Waals surface area contributed by atoms with Gasteiger partial charge < -0.3 is 9.64 Å². The molecule has 2 rings (SSSR count). The minimum Gasteiger partial charge on any atom is -0.378 e. The van der Waals surface area contributed by atoms with E-state index in [-0.39, 0.29) is 0 Å². The van der Waals surface area contributed by atoms with Crippen molar-refractivity contribution in [2.45, 2.75) is 6.92 Å². The highest BCUT2D eigenvalue weighted by molar-refractivity contribution is 6.31. The second-order valence-electron chi connectivity index (χ2n) is 3.20. The number of ether oxygens (including phenoxy) is 1. The number of hydrogen-bond donors (Lipinski definition) is 0. The van der Waals surface area contributed by atoms with Gasteiger partial charge in [-0.3, -0.25) is 0 Å². The molecule has 4 nitrogen and oxygen atoms in total. The summed E-state index contributed by atoms with van der Waals surface area (Å²) in [5.74, 6) is 0.746. The molecular formula is C9H12ClN3O. The van der Waals surface area contributed by atoms with Crippen LogP contribution in [0.2, 0.25) is 5.02 Å². The molecule has 1 saturated heterocycles. The highest BCUT2D eigenvalue weighted by Gasteiger charge is 2.14. The van der Waals surface area contributed by atoms with Crippen molar-refractivity contribution in [1.29, 1.82) is 0 Å². The van der Waals surface area contributed by atoms with Gasteiger partial charge in [0.25, 0.3) is 0 Å². The van der Waals surface area contributed by atoms with E-state index in [1.54, 1.807) is 6.20 Å². The Hall–Kier alpha value is -0.870. The molecule has 5 heteroatoms. The third-order valence-corrected chi connectivity index (χ3v) is 2.57. The number of halogens is 1. The lowest BCUT2D eigenvalue weighted by Crippen LogP contribution is -2.37. The number of nitrogens with zero attached hydrogens (tertiary/aromatic N) is 3. The highest BCUT2D eigenvalue weighted by atomic mass is 35.5. The Kier molecular flexibility index (Phi) is 2.84. The number of anilines is 1. The van der Waals surface area contributed by atoms with Gasteiger partial charge >= 0.3 is 0 Å². The van der Waals surface area contributed by atoms with Crippen LogP contribution < -0.4 is 4.90 Å². The van der Waals surface area contributed by atoms with E-state index in [9.17, 15) is 0 Å². The molecule has 1 aliphatic heterocycles. The SMILES string of the molecule is Cc1nc(N2CCOCC2)ncc1Cl. The van der Waals surface area contributed by atoms with E-state index in [0.29, 0.717) is 5.02 Å². The van der Waals surface area contributed by atoms with E-state index in [0.717, 1.165) is 37.9 Å². The van der Waals surface area contributed by atoms with Gasteiger partial charge in [0, 0.05) is 13.1 Å². The average Bonchev–Trinajstić information content (AvgIpc) is 2.23. The lowest BCUT2D eigenvalue weighted by molar-refractivity contribution is 0.122. The van der Waals surface area contributed by atoms with Crippen molar-refractivity contribution in [1.82, 2.24) is 9.97 Å². The maximum atomic E-state index is 5.85. The summed E-state index contributed by atoms with van der Waals surface area (Å²) in [6.45, 7) is 5.06. The van der Waals surface area contributed by atoms with Gasteiger partial charge in [0.05, 0.1) is 30.1 Å². The van der Waals surface area contributed by atoms with Crippen LogP contribution in [0.4, 0.5) is 5.95 Å². The fourth-order valence-corrected chi connectivity index (χ4v) is 1.45. The fraction of sp³-hybridized carbons (Fsp3) is 0.556. The summed E-state index contributed by atoms with van der Waals surface area (Å²) >= 11 is 5.85. The van der Waals surface area contributed by atoms with Gasteiger partial charge in [0.15, 0.2) is 0 Å². The van der Waals surface area contributed by atoms with Gasteiger partial charge in [-0.15, -0.1) is 0 Å². The predicted molar refractivity (Wildman–Crippen MR) is 54.8 cm³/mol. The van der Waals surface area contributed by atoms with Crippen molar-refractivity contribution >= 4 is 17.5 Å². The summed E-state index contributed by atoms with van der Waals surface area (Å²) < 4.78 is 5.25. The Labute approximate surface area is 87.9 Å². The summed E-state index contributed by atoms with van der Waals surface area (Å²) in [6, 6.07) is 0. The molecule has 1 aromatic rings. The predicted octanol–water partition coefficient (Wildman–Crippen LogP) is 1.28. The zero-order valence-electron chi connectivity index (χ0n) is 8.03. The van der Waals surface area contributed by atoms with E-state index in [1.165, 1.54) is 0 Å². The van der Waals surface area contributed by atoms with E-state index < -0.39 is 0 Å². The molecule has 0 aromatic carbocycles. The van der Waals surface area contributed by atoms with Crippen LogP contribution in [0.3, 0.4) is 0 Å². The molecule has 1 aliphatic rings. The monoisotopic (exact) mass is 213 g/mol. The summed E-state index contributed by atoms with van der Waals surface area (Å²) in [7, 11) is 0. The molecule has 0 spiro atoms. The van der Waals surface area contributed by atoms with Crippen molar-refractivity contribution in [3.8, 4) is 0 Å². The molecule has 0 N–H and O–H groups in total. The van der Waals surface area contributed by atoms with Gasteiger partial charge in [-0.25, -0.2) is 9.97 Å². The van der Waals surface area contributed by atoms with E-state index in [1.807, 2.05) is 6.92 Å². The summed E-state index contributed by atoms with van der Waals surface area (Å²) in [5.41, 5.74) is 0.822. The summed E-state index contributed by atoms with van der Waals surface area (Å²) in [5, 5.41) is 0.613. The average molecular weight is 214 g/mol. The second-order valence-corrected chi connectivity index (χ2v) is 3.61. The molecule has 0 radical (unpaired) electrons. The van der Waals surface area contributed by atoms with Crippen molar-refractivity contribution in [2.24, 2.45) is 0 Å². The molecule has 2 heterocycles. The van der Waals surface area contributed by atoms with Crippen LogP contribution >= 0.6 is 11.6 Å². The molecule has 1 fully saturated rings. The van der Waals surface area contributed by atoms with Crippen LogP contribution in [-0.4, -0.2) is 36.3 Å². The van der Waals surface area contributed by atoms with Gasteiger partial charge in [-0.1, -0.05) is 11.6 Å².